The third-order valence-corrected chi connectivity index (χ3v) is 8.54. The van der Waals surface area contributed by atoms with Crippen molar-refractivity contribution < 1.29 is 0 Å². The summed E-state index contributed by atoms with van der Waals surface area (Å²) in [5.74, 6) is 0. The smallest absolute Gasteiger partial charge is 0.0618 e. The maximum atomic E-state index is 2.42. The minimum Gasteiger partial charge on any atom is -0.309 e. The fourth-order valence-electron chi connectivity index (χ4n) is 6.31. The van der Waals surface area contributed by atoms with E-state index in [1.165, 1.54) is 60.6 Å². The first-order valence-electron chi connectivity index (χ1n) is 15.6. The molecule has 1 nitrogen and oxygen atoms in total. The number of rotatable bonds is 7. The van der Waals surface area contributed by atoms with Crippen LogP contribution in [-0.2, 0) is 0 Å². The zero-order chi connectivity index (χ0) is 30.6. The van der Waals surface area contributed by atoms with E-state index in [1.54, 1.807) is 0 Å². The largest absolute Gasteiger partial charge is 0.309 e. The van der Waals surface area contributed by atoms with Gasteiger partial charge in [-0.3, -0.25) is 0 Å². The van der Waals surface area contributed by atoms with Gasteiger partial charge in [-0.2, -0.15) is 0 Å². The molecular weight excluding hydrogens is 542 g/mol. The number of fused-ring (bicyclic) bond motifs is 2. The normalized spacial score (nSPS) is 11.8. The third-order valence-electron chi connectivity index (χ3n) is 8.54. The van der Waals surface area contributed by atoms with E-state index < -0.39 is 0 Å². The molecule has 7 aromatic rings. The molecule has 0 aliphatic rings. The van der Waals surface area contributed by atoms with Gasteiger partial charge in [-0.05, 0) is 82.3 Å². The number of hydrogen-bond acceptors (Lipinski definition) is 1. The molecule has 45 heavy (non-hydrogen) atoms. The molecule has 0 amide bonds. The lowest BCUT2D eigenvalue weighted by atomic mass is 9.89. The first-order chi connectivity index (χ1) is 22.2. The molecule has 0 aromatic heterocycles. The molecule has 0 atom stereocenters. The predicted molar refractivity (Wildman–Crippen MR) is 195 cm³/mol. The van der Waals surface area contributed by atoms with E-state index in [2.05, 4.69) is 188 Å². The van der Waals surface area contributed by atoms with Crippen molar-refractivity contribution in [3.05, 3.63) is 182 Å². The second-order valence-electron chi connectivity index (χ2n) is 11.4. The van der Waals surface area contributed by atoms with Crippen molar-refractivity contribution in [1.29, 1.82) is 0 Å². The lowest BCUT2D eigenvalue weighted by molar-refractivity contribution is 1.31. The molecule has 0 aliphatic carbocycles. The van der Waals surface area contributed by atoms with Crippen molar-refractivity contribution in [2.45, 2.75) is 13.8 Å². The van der Waals surface area contributed by atoms with Gasteiger partial charge in [0, 0.05) is 22.1 Å². The molecule has 0 unspecified atom stereocenters. The average Bonchev–Trinajstić information content (AvgIpc) is 3.11. The van der Waals surface area contributed by atoms with Crippen LogP contribution in [0.2, 0.25) is 0 Å². The summed E-state index contributed by atoms with van der Waals surface area (Å²) in [6, 6.07) is 57.0. The van der Waals surface area contributed by atoms with Crippen molar-refractivity contribution in [2.75, 3.05) is 4.90 Å². The van der Waals surface area contributed by atoms with E-state index in [0.29, 0.717) is 0 Å². The number of nitrogens with zero attached hydrogens (tertiary/aromatic N) is 1. The Bertz CT molecular complexity index is 2080. The summed E-state index contributed by atoms with van der Waals surface area (Å²) in [5, 5.41) is 4.91. The number of benzene rings is 7. The Kier molecular flexibility index (Phi) is 7.83. The Morgan fingerprint density at radius 2 is 0.933 bits per heavy atom. The lowest BCUT2D eigenvalue weighted by Crippen LogP contribution is -2.11. The molecule has 216 valence electrons. The molecule has 7 aromatic carbocycles. The van der Waals surface area contributed by atoms with Crippen molar-refractivity contribution in [3.63, 3.8) is 0 Å². The highest BCUT2D eigenvalue weighted by atomic mass is 15.1. The second kappa shape index (κ2) is 12.5. The van der Waals surface area contributed by atoms with E-state index in [0.717, 1.165) is 11.4 Å². The van der Waals surface area contributed by atoms with Gasteiger partial charge in [-0.1, -0.05) is 152 Å². The van der Waals surface area contributed by atoms with Gasteiger partial charge >= 0.3 is 0 Å². The van der Waals surface area contributed by atoms with Crippen LogP contribution in [0.4, 0.5) is 17.1 Å². The SMILES string of the molecule is C/C=C\C=C(/C)c1ccc(-c2c3ccccc3c(N(c3ccccc3)c3ccc(-c4ccccc4)cc3)c3ccccc23)cc1. The van der Waals surface area contributed by atoms with Gasteiger partial charge in [0.25, 0.3) is 0 Å². The number of allylic oxidation sites excluding steroid dienone is 4. The van der Waals surface area contributed by atoms with Crippen molar-refractivity contribution in [1.82, 2.24) is 0 Å². The Morgan fingerprint density at radius 3 is 1.51 bits per heavy atom. The fourth-order valence-corrected chi connectivity index (χ4v) is 6.31. The fraction of sp³-hybridized carbons (Fsp3) is 0.0455. The van der Waals surface area contributed by atoms with Crippen LogP contribution >= 0.6 is 0 Å². The van der Waals surface area contributed by atoms with Crippen LogP contribution in [0.3, 0.4) is 0 Å². The van der Waals surface area contributed by atoms with E-state index in [4.69, 9.17) is 0 Å². The number of hydrogen-bond donors (Lipinski definition) is 0. The number of anilines is 3. The Hall–Kier alpha value is -5.66. The molecule has 0 saturated carbocycles. The minimum atomic E-state index is 1.12. The first-order valence-corrected chi connectivity index (χ1v) is 15.6. The highest BCUT2D eigenvalue weighted by Crippen LogP contribution is 2.48. The highest BCUT2D eigenvalue weighted by molar-refractivity contribution is 6.22. The molecule has 0 radical (unpaired) electrons. The van der Waals surface area contributed by atoms with Crippen LogP contribution in [0, 0.1) is 0 Å². The Labute approximate surface area is 266 Å². The summed E-state index contributed by atoms with van der Waals surface area (Å²) < 4.78 is 0. The Balaban J connectivity index is 1.46. The quantitative estimate of drug-likeness (QED) is 0.135. The zero-order valence-electron chi connectivity index (χ0n) is 25.7. The van der Waals surface area contributed by atoms with E-state index in [-0.39, 0.29) is 0 Å². The summed E-state index contributed by atoms with van der Waals surface area (Å²) in [5.41, 5.74) is 10.8. The summed E-state index contributed by atoms with van der Waals surface area (Å²) in [7, 11) is 0. The maximum Gasteiger partial charge on any atom is 0.0618 e. The predicted octanol–water partition coefficient (Wildman–Crippen LogP) is 12.8. The van der Waals surface area contributed by atoms with Gasteiger partial charge in [-0.25, -0.2) is 0 Å². The van der Waals surface area contributed by atoms with Crippen LogP contribution in [0.15, 0.2) is 176 Å². The maximum absolute atomic E-state index is 2.42. The zero-order valence-corrected chi connectivity index (χ0v) is 25.7. The molecule has 7 rings (SSSR count). The van der Waals surface area contributed by atoms with Crippen LogP contribution in [-0.4, -0.2) is 0 Å². The monoisotopic (exact) mass is 577 g/mol. The molecule has 0 heterocycles. The Morgan fingerprint density at radius 1 is 0.467 bits per heavy atom. The molecule has 1 heteroatoms. The molecular formula is C44H35N. The first kappa shape index (κ1) is 28.1. The van der Waals surface area contributed by atoms with Gasteiger partial charge in [0.1, 0.15) is 0 Å². The molecule has 0 aliphatic heterocycles. The third kappa shape index (κ3) is 5.46. The molecule has 0 spiro atoms. The topological polar surface area (TPSA) is 3.24 Å². The summed E-state index contributed by atoms with van der Waals surface area (Å²) in [6.07, 6.45) is 6.32. The summed E-state index contributed by atoms with van der Waals surface area (Å²) in [4.78, 5) is 2.42. The summed E-state index contributed by atoms with van der Waals surface area (Å²) in [6.45, 7) is 4.21. The molecule has 0 saturated heterocycles. The van der Waals surface area contributed by atoms with Gasteiger partial charge in [0.15, 0.2) is 0 Å². The standard InChI is InChI=1S/C44H35N/c1-3-4-15-32(2)33-24-26-36(27-25-33)43-39-20-11-13-22-41(39)44(42-23-14-12-21-40(42)43)45(37-18-9-6-10-19-37)38-30-28-35(29-31-38)34-16-7-5-8-17-34/h3-31H,1-2H3/b4-3-,32-15+. The number of para-hydroxylation sites is 1. The van der Waals surface area contributed by atoms with Gasteiger partial charge < -0.3 is 4.90 Å². The lowest BCUT2D eigenvalue weighted by Gasteiger charge is -2.29. The van der Waals surface area contributed by atoms with Crippen LogP contribution < -0.4 is 4.90 Å². The van der Waals surface area contributed by atoms with E-state index in [9.17, 15) is 0 Å². The molecule has 0 N–H and O–H groups in total. The van der Waals surface area contributed by atoms with Crippen LogP contribution in [0.25, 0.3) is 49.4 Å². The van der Waals surface area contributed by atoms with Crippen molar-refractivity contribution in [2.24, 2.45) is 0 Å². The van der Waals surface area contributed by atoms with Crippen LogP contribution in [0.5, 0.6) is 0 Å². The van der Waals surface area contributed by atoms with Gasteiger partial charge in [-0.15, -0.1) is 0 Å². The summed E-state index contributed by atoms with van der Waals surface area (Å²) >= 11 is 0. The van der Waals surface area contributed by atoms with Gasteiger partial charge in [0.05, 0.1) is 5.69 Å². The second-order valence-corrected chi connectivity index (χ2v) is 11.4. The highest BCUT2D eigenvalue weighted by Gasteiger charge is 2.22. The van der Waals surface area contributed by atoms with Crippen molar-refractivity contribution >= 4 is 44.2 Å². The van der Waals surface area contributed by atoms with E-state index >= 15 is 0 Å². The van der Waals surface area contributed by atoms with E-state index in [1.807, 2.05) is 6.92 Å². The van der Waals surface area contributed by atoms with Gasteiger partial charge in [0.2, 0.25) is 0 Å². The molecule has 0 bridgehead atoms. The van der Waals surface area contributed by atoms with Crippen LogP contribution in [0.1, 0.15) is 19.4 Å². The average molecular weight is 578 g/mol. The van der Waals surface area contributed by atoms with Crippen molar-refractivity contribution in [3.8, 4) is 22.3 Å². The minimum absolute atomic E-state index is 1.12. The molecule has 0 fully saturated rings.